The highest BCUT2D eigenvalue weighted by molar-refractivity contribution is 7.99. The number of aromatic nitrogens is 3. The molecule has 3 rings (SSSR count). The van der Waals surface area contributed by atoms with E-state index in [-0.39, 0.29) is 11.9 Å². The molecular formula is C18H26N4O2S. The van der Waals surface area contributed by atoms with E-state index >= 15 is 0 Å². The molecule has 7 heteroatoms. The summed E-state index contributed by atoms with van der Waals surface area (Å²) in [6.45, 7) is 6.10. The molecule has 1 amide bonds. The molecule has 6 nitrogen and oxygen atoms in total. The molecule has 1 saturated carbocycles. The topological polar surface area (TPSA) is 72.9 Å². The van der Waals surface area contributed by atoms with Crippen LogP contribution in [0.2, 0.25) is 0 Å². The summed E-state index contributed by atoms with van der Waals surface area (Å²) >= 11 is 1.44. The Labute approximate surface area is 152 Å². The fourth-order valence-corrected chi connectivity index (χ4v) is 4.17. The third-order valence-electron chi connectivity index (χ3n) is 4.58. The lowest BCUT2D eigenvalue weighted by atomic mass is 9.95. The Bertz CT molecular complexity index is 716. The standard InChI is InChI=1S/C18H26N4O2S/c1-12(2)22-17(15-9-10-24-13(15)3)20-21-18(22)25-11-16(23)19-14-7-5-4-6-8-14/h9-10,12,14H,4-8,11H2,1-3H3,(H,19,23). The average Bonchev–Trinajstić information content (AvgIpc) is 3.19. The molecule has 1 fully saturated rings. The second-order valence-electron chi connectivity index (χ2n) is 6.85. The smallest absolute Gasteiger partial charge is 0.230 e. The molecule has 0 spiro atoms. The van der Waals surface area contributed by atoms with Crippen molar-refractivity contribution in [2.75, 3.05) is 5.75 Å². The quantitative estimate of drug-likeness (QED) is 0.787. The van der Waals surface area contributed by atoms with Gasteiger partial charge in [0.1, 0.15) is 5.76 Å². The molecule has 2 aromatic heterocycles. The van der Waals surface area contributed by atoms with E-state index in [4.69, 9.17) is 4.42 Å². The zero-order valence-electron chi connectivity index (χ0n) is 15.1. The van der Waals surface area contributed by atoms with Gasteiger partial charge in [0.25, 0.3) is 0 Å². The van der Waals surface area contributed by atoms with Crippen molar-refractivity contribution in [1.29, 1.82) is 0 Å². The van der Waals surface area contributed by atoms with Gasteiger partial charge in [0, 0.05) is 12.1 Å². The van der Waals surface area contributed by atoms with E-state index in [2.05, 4.69) is 33.9 Å². The van der Waals surface area contributed by atoms with Crippen molar-refractivity contribution >= 4 is 17.7 Å². The zero-order chi connectivity index (χ0) is 17.8. The Morgan fingerprint density at radius 3 is 2.76 bits per heavy atom. The molecule has 0 aromatic carbocycles. The highest BCUT2D eigenvalue weighted by atomic mass is 32.2. The van der Waals surface area contributed by atoms with Crippen LogP contribution >= 0.6 is 11.8 Å². The van der Waals surface area contributed by atoms with E-state index in [9.17, 15) is 4.79 Å². The van der Waals surface area contributed by atoms with Crippen molar-refractivity contribution in [3.05, 3.63) is 18.1 Å². The average molecular weight is 362 g/mol. The van der Waals surface area contributed by atoms with Gasteiger partial charge < -0.3 is 9.73 Å². The van der Waals surface area contributed by atoms with Crippen LogP contribution in [0.25, 0.3) is 11.4 Å². The SMILES string of the molecule is Cc1occc1-c1nnc(SCC(=O)NC2CCCCC2)n1C(C)C. The zero-order valence-corrected chi connectivity index (χ0v) is 15.9. The van der Waals surface area contributed by atoms with Crippen LogP contribution in [0.5, 0.6) is 0 Å². The number of hydrogen-bond donors (Lipinski definition) is 1. The number of nitrogens with one attached hydrogen (secondary N) is 1. The number of furan rings is 1. The molecule has 25 heavy (non-hydrogen) atoms. The monoisotopic (exact) mass is 362 g/mol. The first-order valence-electron chi connectivity index (χ1n) is 8.97. The lowest BCUT2D eigenvalue weighted by molar-refractivity contribution is -0.119. The summed E-state index contributed by atoms with van der Waals surface area (Å²) in [4.78, 5) is 12.3. The predicted molar refractivity (Wildman–Crippen MR) is 98.6 cm³/mol. The molecule has 2 heterocycles. The maximum atomic E-state index is 12.3. The Balaban J connectivity index is 1.67. The van der Waals surface area contributed by atoms with Crippen LogP contribution < -0.4 is 5.32 Å². The van der Waals surface area contributed by atoms with Gasteiger partial charge in [-0.3, -0.25) is 9.36 Å². The minimum absolute atomic E-state index is 0.0799. The number of amides is 1. The van der Waals surface area contributed by atoms with Gasteiger partial charge in [0.05, 0.1) is 17.6 Å². The van der Waals surface area contributed by atoms with Gasteiger partial charge in [-0.1, -0.05) is 31.0 Å². The number of rotatable bonds is 6. The van der Waals surface area contributed by atoms with Gasteiger partial charge in [-0.05, 0) is 39.7 Å². The minimum Gasteiger partial charge on any atom is -0.469 e. The molecule has 1 N–H and O–H groups in total. The number of carbonyl (C=O) groups excluding carboxylic acids is 1. The number of carbonyl (C=O) groups is 1. The fourth-order valence-electron chi connectivity index (χ4n) is 3.29. The summed E-state index contributed by atoms with van der Waals surface area (Å²) in [5, 5.41) is 12.6. The van der Waals surface area contributed by atoms with Crippen molar-refractivity contribution in [2.45, 2.75) is 70.1 Å². The molecule has 0 saturated heterocycles. The van der Waals surface area contributed by atoms with Crippen LogP contribution in [0, 0.1) is 6.92 Å². The molecule has 0 bridgehead atoms. The summed E-state index contributed by atoms with van der Waals surface area (Å²) in [6, 6.07) is 2.44. The maximum absolute atomic E-state index is 12.3. The maximum Gasteiger partial charge on any atom is 0.230 e. The van der Waals surface area contributed by atoms with E-state index in [1.54, 1.807) is 6.26 Å². The molecule has 0 radical (unpaired) electrons. The summed E-state index contributed by atoms with van der Waals surface area (Å²) in [5.41, 5.74) is 0.944. The molecule has 0 aliphatic heterocycles. The number of thioether (sulfide) groups is 1. The van der Waals surface area contributed by atoms with Crippen molar-refractivity contribution in [3.63, 3.8) is 0 Å². The van der Waals surface area contributed by atoms with E-state index in [0.29, 0.717) is 11.8 Å². The van der Waals surface area contributed by atoms with Crippen molar-refractivity contribution < 1.29 is 9.21 Å². The van der Waals surface area contributed by atoms with Gasteiger partial charge >= 0.3 is 0 Å². The number of nitrogens with zero attached hydrogens (tertiary/aromatic N) is 3. The molecular weight excluding hydrogens is 336 g/mol. The molecule has 2 aromatic rings. The normalized spacial score (nSPS) is 15.7. The molecule has 1 aliphatic carbocycles. The summed E-state index contributed by atoms with van der Waals surface area (Å²) in [5.74, 6) is 2.06. The lowest BCUT2D eigenvalue weighted by Crippen LogP contribution is -2.37. The summed E-state index contributed by atoms with van der Waals surface area (Å²) < 4.78 is 7.46. The van der Waals surface area contributed by atoms with E-state index < -0.39 is 0 Å². The highest BCUT2D eigenvalue weighted by Gasteiger charge is 2.21. The van der Waals surface area contributed by atoms with Gasteiger partial charge in [0.2, 0.25) is 5.91 Å². The van der Waals surface area contributed by atoms with Crippen molar-refractivity contribution in [3.8, 4) is 11.4 Å². The Hall–Kier alpha value is -1.76. The minimum atomic E-state index is 0.0799. The molecule has 136 valence electrons. The fraction of sp³-hybridized carbons (Fsp3) is 0.611. The Morgan fingerprint density at radius 2 is 2.12 bits per heavy atom. The first kappa shape index (κ1) is 18.0. The predicted octanol–water partition coefficient (Wildman–Crippen LogP) is 3.97. The third kappa shape index (κ3) is 4.26. The van der Waals surface area contributed by atoms with Crippen molar-refractivity contribution in [2.24, 2.45) is 0 Å². The highest BCUT2D eigenvalue weighted by Crippen LogP contribution is 2.30. The van der Waals surface area contributed by atoms with Gasteiger partial charge in [-0.25, -0.2) is 0 Å². The van der Waals surface area contributed by atoms with E-state index in [1.807, 2.05) is 13.0 Å². The van der Waals surface area contributed by atoms with Gasteiger partial charge in [-0.2, -0.15) is 0 Å². The second-order valence-corrected chi connectivity index (χ2v) is 7.79. The molecule has 0 atom stereocenters. The van der Waals surface area contributed by atoms with Crippen LogP contribution in [-0.2, 0) is 4.79 Å². The van der Waals surface area contributed by atoms with Crippen LogP contribution in [-0.4, -0.2) is 32.5 Å². The van der Waals surface area contributed by atoms with E-state index in [1.165, 1.54) is 31.0 Å². The second kappa shape index (κ2) is 8.08. The Kier molecular flexibility index (Phi) is 5.83. The third-order valence-corrected chi connectivity index (χ3v) is 5.53. The lowest BCUT2D eigenvalue weighted by Gasteiger charge is -2.22. The van der Waals surface area contributed by atoms with Crippen LogP contribution in [0.3, 0.4) is 0 Å². The first-order valence-corrected chi connectivity index (χ1v) is 9.96. The van der Waals surface area contributed by atoms with Crippen LogP contribution in [0.1, 0.15) is 57.8 Å². The Morgan fingerprint density at radius 1 is 1.36 bits per heavy atom. The van der Waals surface area contributed by atoms with Crippen LogP contribution in [0.4, 0.5) is 0 Å². The van der Waals surface area contributed by atoms with Gasteiger partial charge in [-0.15, -0.1) is 10.2 Å². The largest absolute Gasteiger partial charge is 0.469 e. The number of hydrogen-bond acceptors (Lipinski definition) is 5. The first-order chi connectivity index (χ1) is 12.1. The van der Waals surface area contributed by atoms with Crippen LogP contribution in [0.15, 0.2) is 21.9 Å². The number of aryl methyl sites for hydroxylation is 1. The molecule has 1 aliphatic rings. The van der Waals surface area contributed by atoms with Crippen molar-refractivity contribution in [1.82, 2.24) is 20.1 Å². The summed E-state index contributed by atoms with van der Waals surface area (Å²) in [7, 11) is 0. The molecule has 0 unspecified atom stereocenters. The van der Waals surface area contributed by atoms with Gasteiger partial charge in [0.15, 0.2) is 11.0 Å². The van der Waals surface area contributed by atoms with E-state index in [0.717, 1.165) is 35.1 Å². The summed E-state index contributed by atoms with van der Waals surface area (Å²) in [6.07, 6.45) is 7.58.